The van der Waals surface area contributed by atoms with E-state index in [-0.39, 0.29) is 0 Å². The van der Waals surface area contributed by atoms with Gasteiger partial charge >= 0.3 is 0 Å². The molecule has 1 N–H and O–H groups in total. The minimum atomic E-state index is 0.366. The number of nitrogens with zero attached hydrogens (tertiary/aromatic N) is 1. The van der Waals surface area contributed by atoms with E-state index in [1.165, 1.54) is 6.42 Å². The topological polar surface area (TPSA) is 33.7 Å². The lowest BCUT2D eigenvalue weighted by Gasteiger charge is -2.42. The summed E-state index contributed by atoms with van der Waals surface area (Å²) >= 11 is 0. The molecule has 2 aliphatic rings. The third-order valence-electron chi connectivity index (χ3n) is 4.37. The Morgan fingerprint density at radius 3 is 2.89 bits per heavy atom. The van der Waals surface area contributed by atoms with Crippen LogP contribution in [0.3, 0.4) is 0 Å². The van der Waals surface area contributed by atoms with Crippen LogP contribution in [0.1, 0.15) is 26.7 Å². The molecule has 4 unspecified atom stereocenters. The minimum absolute atomic E-state index is 0.366. The molecule has 2 rings (SSSR count). The van der Waals surface area contributed by atoms with Crippen molar-refractivity contribution in [2.24, 2.45) is 5.92 Å². The molecule has 18 heavy (non-hydrogen) atoms. The SMILES string of the molecule is CCC1COC(C)CN1CC1COCCC1NC. The minimum Gasteiger partial charge on any atom is -0.381 e. The van der Waals surface area contributed by atoms with E-state index in [2.05, 4.69) is 31.1 Å². The van der Waals surface area contributed by atoms with Crippen molar-refractivity contribution in [3.63, 3.8) is 0 Å². The predicted octanol–water partition coefficient (Wildman–Crippen LogP) is 1.11. The molecule has 0 aromatic rings. The van der Waals surface area contributed by atoms with Crippen LogP contribution in [0.2, 0.25) is 0 Å². The van der Waals surface area contributed by atoms with Crippen LogP contribution in [-0.2, 0) is 9.47 Å². The highest BCUT2D eigenvalue weighted by Gasteiger charge is 2.31. The van der Waals surface area contributed by atoms with Gasteiger partial charge in [0.05, 0.1) is 19.3 Å². The fourth-order valence-electron chi connectivity index (χ4n) is 3.17. The number of morpholine rings is 1. The first kappa shape index (κ1) is 14.3. The molecule has 0 saturated carbocycles. The molecule has 0 aliphatic carbocycles. The Bertz CT molecular complexity index is 250. The molecular weight excluding hydrogens is 228 g/mol. The van der Waals surface area contributed by atoms with E-state index < -0.39 is 0 Å². The number of hydrogen-bond acceptors (Lipinski definition) is 4. The normalized spacial score (nSPS) is 38.8. The Morgan fingerprint density at radius 2 is 2.17 bits per heavy atom. The van der Waals surface area contributed by atoms with Crippen molar-refractivity contribution in [2.75, 3.05) is 40.0 Å². The molecule has 4 heteroatoms. The average molecular weight is 256 g/mol. The summed E-state index contributed by atoms with van der Waals surface area (Å²) in [5.41, 5.74) is 0. The third-order valence-corrected chi connectivity index (χ3v) is 4.37. The van der Waals surface area contributed by atoms with Gasteiger partial charge in [-0.2, -0.15) is 0 Å². The second-order valence-corrected chi connectivity index (χ2v) is 5.68. The van der Waals surface area contributed by atoms with Crippen LogP contribution in [-0.4, -0.2) is 63.0 Å². The second kappa shape index (κ2) is 6.85. The molecule has 0 amide bonds. The summed E-state index contributed by atoms with van der Waals surface area (Å²) in [4.78, 5) is 2.61. The molecule has 2 saturated heterocycles. The summed E-state index contributed by atoms with van der Waals surface area (Å²) < 4.78 is 11.4. The average Bonchev–Trinajstić information content (AvgIpc) is 2.40. The zero-order chi connectivity index (χ0) is 13.0. The van der Waals surface area contributed by atoms with E-state index >= 15 is 0 Å². The van der Waals surface area contributed by atoms with Crippen molar-refractivity contribution in [1.29, 1.82) is 0 Å². The van der Waals surface area contributed by atoms with Crippen LogP contribution in [0.15, 0.2) is 0 Å². The number of nitrogens with one attached hydrogen (secondary N) is 1. The molecule has 2 fully saturated rings. The monoisotopic (exact) mass is 256 g/mol. The molecule has 0 aromatic heterocycles. The van der Waals surface area contributed by atoms with Gasteiger partial charge in [0.2, 0.25) is 0 Å². The molecule has 0 spiro atoms. The highest BCUT2D eigenvalue weighted by Crippen LogP contribution is 2.21. The van der Waals surface area contributed by atoms with Crippen LogP contribution in [0.5, 0.6) is 0 Å². The van der Waals surface area contributed by atoms with Crippen LogP contribution in [0.25, 0.3) is 0 Å². The smallest absolute Gasteiger partial charge is 0.0674 e. The van der Waals surface area contributed by atoms with Gasteiger partial charge in [-0.1, -0.05) is 6.92 Å². The first-order chi connectivity index (χ1) is 8.74. The van der Waals surface area contributed by atoms with Gasteiger partial charge in [-0.05, 0) is 26.8 Å². The first-order valence-electron chi connectivity index (χ1n) is 7.35. The maximum atomic E-state index is 5.77. The quantitative estimate of drug-likeness (QED) is 0.817. The van der Waals surface area contributed by atoms with Crippen LogP contribution in [0, 0.1) is 5.92 Å². The number of ether oxygens (including phenoxy) is 2. The molecule has 0 aromatic carbocycles. The van der Waals surface area contributed by atoms with E-state index in [0.717, 1.165) is 39.3 Å². The molecule has 106 valence electrons. The highest BCUT2D eigenvalue weighted by molar-refractivity contribution is 4.85. The van der Waals surface area contributed by atoms with Crippen molar-refractivity contribution >= 4 is 0 Å². The van der Waals surface area contributed by atoms with Gasteiger partial charge in [-0.3, -0.25) is 4.90 Å². The van der Waals surface area contributed by atoms with Crippen molar-refractivity contribution < 1.29 is 9.47 Å². The molecule has 0 radical (unpaired) electrons. The maximum absolute atomic E-state index is 5.77. The molecular formula is C14H28N2O2. The molecule has 4 atom stereocenters. The van der Waals surface area contributed by atoms with Gasteiger partial charge in [0, 0.05) is 37.7 Å². The number of hydrogen-bond donors (Lipinski definition) is 1. The summed E-state index contributed by atoms with van der Waals surface area (Å²) in [6.07, 6.45) is 2.67. The Morgan fingerprint density at radius 1 is 1.33 bits per heavy atom. The highest BCUT2D eigenvalue weighted by atomic mass is 16.5. The van der Waals surface area contributed by atoms with Crippen LogP contribution in [0.4, 0.5) is 0 Å². The number of rotatable bonds is 4. The van der Waals surface area contributed by atoms with Gasteiger partial charge in [-0.15, -0.1) is 0 Å². The van der Waals surface area contributed by atoms with Crippen molar-refractivity contribution in [3.8, 4) is 0 Å². The Hall–Kier alpha value is -0.160. The van der Waals surface area contributed by atoms with E-state index in [1.54, 1.807) is 0 Å². The van der Waals surface area contributed by atoms with Crippen molar-refractivity contribution in [3.05, 3.63) is 0 Å². The molecule has 2 heterocycles. The summed E-state index contributed by atoms with van der Waals surface area (Å²) in [5.74, 6) is 0.614. The predicted molar refractivity (Wildman–Crippen MR) is 72.8 cm³/mol. The lowest BCUT2D eigenvalue weighted by molar-refractivity contribution is -0.0724. The Balaban J connectivity index is 1.92. The Labute approximate surface area is 111 Å². The lowest BCUT2D eigenvalue weighted by atomic mass is 9.94. The standard InChI is InChI=1S/C14H28N2O2/c1-4-13-10-18-11(2)7-16(13)8-12-9-17-6-5-14(12)15-3/h11-15H,4-10H2,1-3H3. The third kappa shape index (κ3) is 3.44. The Kier molecular flexibility index (Phi) is 5.42. The summed E-state index contributed by atoms with van der Waals surface area (Å²) in [6, 6.07) is 1.19. The largest absolute Gasteiger partial charge is 0.381 e. The molecule has 4 nitrogen and oxygen atoms in total. The summed E-state index contributed by atoms with van der Waals surface area (Å²) in [5, 5.41) is 3.45. The fraction of sp³-hybridized carbons (Fsp3) is 1.00. The first-order valence-corrected chi connectivity index (χ1v) is 7.35. The van der Waals surface area contributed by atoms with E-state index in [0.29, 0.717) is 24.1 Å². The van der Waals surface area contributed by atoms with Crippen molar-refractivity contribution in [1.82, 2.24) is 10.2 Å². The molecule has 2 aliphatic heterocycles. The van der Waals surface area contributed by atoms with Crippen molar-refractivity contribution in [2.45, 2.75) is 44.9 Å². The molecule has 0 bridgehead atoms. The zero-order valence-electron chi connectivity index (χ0n) is 12.0. The van der Waals surface area contributed by atoms with Gasteiger partial charge < -0.3 is 14.8 Å². The maximum Gasteiger partial charge on any atom is 0.0674 e. The zero-order valence-corrected chi connectivity index (χ0v) is 12.0. The van der Waals surface area contributed by atoms with E-state index in [4.69, 9.17) is 9.47 Å². The summed E-state index contributed by atoms with van der Waals surface area (Å²) in [7, 11) is 2.07. The van der Waals surface area contributed by atoms with Gasteiger partial charge in [0.15, 0.2) is 0 Å². The fourth-order valence-corrected chi connectivity index (χ4v) is 3.17. The van der Waals surface area contributed by atoms with E-state index in [9.17, 15) is 0 Å². The van der Waals surface area contributed by atoms with Gasteiger partial charge in [-0.25, -0.2) is 0 Å². The van der Waals surface area contributed by atoms with Crippen LogP contribution < -0.4 is 5.32 Å². The van der Waals surface area contributed by atoms with Gasteiger partial charge in [0.25, 0.3) is 0 Å². The summed E-state index contributed by atoms with van der Waals surface area (Å²) in [6.45, 7) is 9.31. The van der Waals surface area contributed by atoms with Gasteiger partial charge in [0.1, 0.15) is 0 Å². The van der Waals surface area contributed by atoms with E-state index in [1.807, 2.05) is 0 Å². The van der Waals surface area contributed by atoms with Crippen LogP contribution >= 0.6 is 0 Å². The lowest BCUT2D eigenvalue weighted by Crippen LogP contribution is -2.54. The second-order valence-electron chi connectivity index (χ2n) is 5.68.